The lowest BCUT2D eigenvalue weighted by Crippen LogP contribution is -2.41. The number of carbonyl (C=O) groups is 1. The lowest BCUT2D eigenvalue weighted by Gasteiger charge is -2.28. The number of hydrogen-bond acceptors (Lipinski definition) is 2. The molecule has 0 aromatic heterocycles. The van der Waals surface area contributed by atoms with Crippen LogP contribution in [0.1, 0.15) is 46.0 Å². The zero-order valence-electron chi connectivity index (χ0n) is 11.0. The number of nitrogens with one attached hydrogen (secondary N) is 1. The summed E-state index contributed by atoms with van der Waals surface area (Å²) in [7, 11) is 1.86. The molecule has 94 valence electrons. The quantitative estimate of drug-likeness (QED) is 0.778. The van der Waals surface area contributed by atoms with Crippen molar-refractivity contribution in [3.05, 3.63) is 0 Å². The fourth-order valence-electron chi connectivity index (χ4n) is 2.32. The maximum Gasteiger partial charge on any atom is 0.236 e. The molecule has 1 aliphatic rings. The number of amides is 1. The van der Waals surface area contributed by atoms with Gasteiger partial charge >= 0.3 is 0 Å². The molecular weight excluding hydrogens is 200 g/mol. The zero-order valence-corrected chi connectivity index (χ0v) is 11.0. The van der Waals surface area contributed by atoms with Crippen LogP contribution >= 0.6 is 0 Å². The fourth-order valence-corrected chi connectivity index (χ4v) is 2.32. The molecule has 1 fully saturated rings. The van der Waals surface area contributed by atoms with Gasteiger partial charge in [-0.2, -0.15) is 0 Å². The van der Waals surface area contributed by atoms with E-state index in [0.717, 1.165) is 12.5 Å². The van der Waals surface area contributed by atoms with Gasteiger partial charge < -0.3 is 10.2 Å². The van der Waals surface area contributed by atoms with E-state index in [1.807, 2.05) is 14.0 Å². The lowest BCUT2D eigenvalue weighted by molar-refractivity contribution is -0.128. The maximum absolute atomic E-state index is 11.6. The summed E-state index contributed by atoms with van der Waals surface area (Å²) in [5.74, 6) is 1.13. The van der Waals surface area contributed by atoms with Gasteiger partial charge in [0.05, 0.1) is 6.54 Å². The molecule has 1 saturated carbocycles. The Balaban J connectivity index is 2.17. The van der Waals surface area contributed by atoms with Crippen molar-refractivity contribution in [3.8, 4) is 0 Å². The van der Waals surface area contributed by atoms with E-state index in [9.17, 15) is 4.79 Å². The molecule has 1 amide bonds. The molecule has 0 aromatic carbocycles. The predicted octanol–water partition coefficient (Wildman–Crippen LogP) is 2.02. The molecule has 0 heterocycles. The van der Waals surface area contributed by atoms with E-state index in [0.29, 0.717) is 12.6 Å². The Kier molecular flexibility index (Phi) is 5.81. The van der Waals surface area contributed by atoms with E-state index >= 15 is 0 Å². The second-order valence-corrected chi connectivity index (χ2v) is 4.91. The second-order valence-electron chi connectivity index (χ2n) is 4.91. The third-order valence-corrected chi connectivity index (χ3v) is 3.87. The highest BCUT2D eigenvalue weighted by Gasteiger charge is 2.20. The van der Waals surface area contributed by atoms with Crippen molar-refractivity contribution in [1.82, 2.24) is 10.2 Å². The number of rotatable bonds is 5. The van der Waals surface area contributed by atoms with E-state index in [1.54, 1.807) is 4.90 Å². The Labute approximate surface area is 99.6 Å². The molecule has 1 aliphatic carbocycles. The molecule has 0 aromatic rings. The normalized spacial score (nSPS) is 25.4. The van der Waals surface area contributed by atoms with Gasteiger partial charge in [-0.05, 0) is 38.5 Å². The first kappa shape index (κ1) is 13.5. The summed E-state index contributed by atoms with van der Waals surface area (Å²) < 4.78 is 0. The SMILES string of the molecule is CCC1CCC(NCC(=O)N(C)CC)CC1. The largest absolute Gasteiger partial charge is 0.345 e. The molecule has 0 radical (unpaired) electrons. The first-order valence-corrected chi connectivity index (χ1v) is 6.64. The summed E-state index contributed by atoms with van der Waals surface area (Å²) in [5, 5.41) is 3.39. The minimum atomic E-state index is 0.208. The summed E-state index contributed by atoms with van der Waals surface area (Å²) in [5.41, 5.74) is 0. The Morgan fingerprint density at radius 3 is 2.38 bits per heavy atom. The number of likely N-dealkylation sites (N-methyl/N-ethyl adjacent to an activating group) is 1. The van der Waals surface area contributed by atoms with E-state index in [-0.39, 0.29) is 5.91 Å². The molecule has 3 nitrogen and oxygen atoms in total. The van der Waals surface area contributed by atoms with E-state index in [4.69, 9.17) is 0 Å². The van der Waals surface area contributed by atoms with Crippen LogP contribution in [0.3, 0.4) is 0 Å². The van der Waals surface area contributed by atoms with Gasteiger partial charge in [0.2, 0.25) is 5.91 Å². The topological polar surface area (TPSA) is 32.3 Å². The summed E-state index contributed by atoms with van der Waals surface area (Å²) in [4.78, 5) is 13.4. The monoisotopic (exact) mass is 226 g/mol. The average molecular weight is 226 g/mol. The van der Waals surface area contributed by atoms with Gasteiger partial charge in [0.25, 0.3) is 0 Å². The summed E-state index contributed by atoms with van der Waals surface area (Å²) >= 11 is 0. The smallest absolute Gasteiger partial charge is 0.236 e. The highest BCUT2D eigenvalue weighted by Crippen LogP contribution is 2.26. The van der Waals surface area contributed by atoms with Crippen molar-refractivity contribution in [3.63, 3.8) is 0 Å². The average Bonchev–Trinajstić information content (AvgIpc) is 2.35. The third kappa shape index (κ3) is 4.12. The summed E-state index contributed by atoms with van der Waals surface area (Å²) in [6.07, 6.45) is 6.44. The first-order valence-electron chi connectivity index (χ1n) is 6.64. The lowest BCUT2D eigenvalue weighted by atomic mass is 9.84. The minimum absolute atomic E-state index is 0.208. The van der Waals surface area contributed by atoms with Gasteiger partial charge in [-0.25, -0.2) is 0 Å². The van der Waals surface area contributed by atoms with Crippen LogP contribution in [0.2, 0.25) is 0 Å². The molecular formula is C13H26N2O. The molecule has 1 rings (SSSR count). The van der Waals surface area contributed by atoms with Crippen molar-refractivity contribution >= 4 is 5.91 Å². The molecule has 0 atom stereocenters. The molecule has 0 aliphatic heterocycles. The molecule has 0 bridgehead atoms. The van der Waals surface area contributed by atoms with Crippen LogP contribution in [-0.2, 0) is 4.79 Å². The second kappa shape index (κ2) is 6.89. The fraction of sp³-hybridized carbons (Fsp3) is 0.923. The maximum atomic E-state index is 11.6. The van der Waals surface area contributed by atoms with Crippen LogP contribution in [0.5, 0.6) is 0 Å². The van der Waals surface area contributed by atoms with Gasteiger partial charge in [-0.15, -0.1) is 0 Å². The highest BCUT2D eigenvalue weighted by molar-refractivity contribution is 5.77. The van der Waals surface area contributed by atoms with E-state index in [1.165, 1.54) is 32.1 Å². The van der Waals surface area contributed by atoms with Crippen molar-refractivity contribution in [2.75, 3.05) is 20.1 Å². The Hall–Kier alpha value is -0.570. The van der Waals surface area contributed by atoms with Crippen molar-refractivity contribution in [2.45, 2.75) is 52.0 Å². The van der Waals surface area contributed by atoms with Crippen molar-refractivity contribution in [2.24, 2.45) is 5.92 Å². The molecule has 0 spiro atoms. The summed E-state index contributed by atoms with van der Waals surface area (Å²) in [6.45, 7) is 5.58. The van der Waals surface area contributed by atoms with Gasteiger partial charge in [-0.1, -0.05) is 13.3 Å². The summed E-state index contributed by atoms with van der Waals surface area (Å²) in [6, 6.07) is 0.567. The number of carbonyl (C=O) groups excluding carboxylic acids is 1. The Morgan fingerprint density at radius 2 is 1.88 bits per heavy atom. The Bertz CT molecular complexity index is 210. The zero-order chi connectivity index (χ0) is 12.0. The first-order chi connectivity index (χ1) is 7.67. The number of nitrogens with zero attached hydrogens (tertiary/aromatic N) is 1. The minimum Gasteiger partial charge on any atom is -0.345 e. The molecule has 0 saturated heterocycles. The van der Waals surface area contributed by atoms with Crippen LogP contribution in [0.15, 0.2) is 0 Å². The van der Waals surface area contributed by atoms with E-state index < -0.39 is 0 Å². The van der Waals surface area contributed by atoms with Gasteiger partial charge in [0.15, 0.2) is 0 Å². The predicted molar refractivity (Wildman–Crippen MR) is 67.4 cm³/mol. The van der Waals surface area contributed by atoms with Crippen LogP contribution < -0.4 is 5.32 Å². The van der Waals surface area contributed by atoms with Crippen molar-refractivity contribution < 1.29 is 4.79 Å². The van der Waals surface area contributed by atoms with E-state index in [2.05, 4.69) is 12.2 Å². The Morgan fingerprint density at radius 1 is 1.25 bits per heavy atom. The third-order valence-electron chi connectivity index (χ3n) is 3.87. The highest BCUT2D eigenvalue weighted by atomic mass is 16.2. The van der Waals surface area contributed by atoms with Gasteiger partial charge in [0, 0.05) is 19.6 Å². The van der Waals surface area contributed by atoms with Crippen molar-refractivity contribution in [1.29, 1.82) is 0 Å². The van der Waals surface area contributed by atoms with Crippen LogP contribution in [0.25, 0.3) is 0 Å². The van der Waals surface area contributed by atoms with Crippen LogP contribution in [-0.4, -0.2) is 37.0 Å². The van der Waals surface area contributed by atoms with Gasteiger partial charge in [0.1, 0.15) is 0 Å². The molecule has 3 heteroatoms. The molecule has 16 heavy (non-hydrogen) atoms. The standard InChI is InChI=1S/C13H26N2O/c1-4-11-6-8-12(9-7-11)14-10-13(16)15(3)5-2/h11-12,14H,4-10H2,1-3H3. The molecule has 1 N–H and O–H groups in total. The van der Waals surface area contributed by atoms with Crippen LogP contribution in [0, 0.1) is 5.92 Å². The van der Waals surface area contributed by atoms with Gasteiger partial charge in [-0.3, -0.25) is 4.79 Å². The number of hydrogen-bond donors (Lipinski definition) is 1. The van der Waals surface area contributed by atoms with Crippen LogP contribution in [0.4, 0.5) is 0 Å². The molecule has 0 unspecified atom stereocenters.